The number of ether oxygens (including phenoxy) is 1. The van der Waals surface area contributed by atoms with Gasteiger partial charge in [-0.2, -0.15) is 0 Å². The molecule has 0 N–H and O–H groups in total. The number of fused-ring (bicyclic) bond motifs is 1. The first-order valence-corrected chi connectivity index (χ1v) is 4.54. The van der Waals surface area contributed by atoms with Gasteiger partial charge >= 0.3 is 5.97 Å². The zero-order valence-electron chi connectivity index (χ0n) is 7.69. The lowest BCUT2D eigenvalue weighted by Crippen LogP contribution is -2.16. The maximum Gasteiger partial charge on any atom is 0.310 e. The third-order valence-corrected chi connectivity index (χ3v) is 2.51. The van der Waals surface area contributed by atoms with Crippen LogP contribution in [-0.4, -0.2) is 17.9 Å². The van der Waals surface area contributed by atoms with Gasteiger partial charge in [-0.15, -0.1) is 0 Å². The number of carbonyl (C=O) groups is 2. The number of rotatable bonds is 2. The van der Waals surface area contributed by atoms with Gasteiger partial charge in [0.05, 0.1) is 12.0 Å². The molecule has 0 aromatic rings. The molecule has 0 aromatic carbocycles. The van der Waals surface area contributed by atoms with Gasteiger partial charge in [0.25, 0.3) is 0 Å². The molecule has 70 valence electrons. The quantitative estimate of drug-likeness (QED) is 0.594. The van der Waals surface area contributed by atoms with Crippen molar-refractivity contribution in [3.8, 4) is 0 Å². The van der Waals surface area contributed by atoms with Crippen LogP contribution in [0.25, 0.3) is 0 Å². The lowest BCUT2D eigenvalue weighted by molar-refractivity contribution is -0.150. The van der Waals surface area contributed by atoms with Gasteiger partial charge in [-0.3, -0.25) is 9.59 Å². The van der Waals surface area contributed by atoms with E-state index in [0.717, 1.165) is 0 Å². The van der Waals surface area contributed by atoms with Crippen LogP contribution in [0.1, 0.15) is 13.8 Å². The summed E-state index contributed by atoms with van der Waals surface area (Å²) in [7, 11) is 0. The van der Waals surface area contributed by atoms with Crippen molar-refractivity contribution < 1.29 is 14.3 Å². The summed E-state index contributed by atoms with van der Waals surface area (Å²) in [5, 5.41) is 0. The fourth-order valence-corrected chi connectivity index (χ4v) is 1.87. The van der Waals surface area contributed by atoms with Crippen molar-refractivity contribution in [2.75, 3.05) is 0 Å². The van der Waals surface area contributed by atoms with Crippen LogP contribution in [0.2, 0.25) is 0 Å². The Kier molecular flexibility index (Phi) is 1.75. The van der Waals surface area contributed by atoms with Crippen LogP contribution in [0, 0.1) is 17.8 Å². The number of hydrogen-bond acceptors (Lipinski definition) is 3. The fourth-order valence-electron chi connectivity index (χ4n) is 1.87. The molecule has 0 heterocycles. The molecular formula is C10H12O3. The normalized spacial score (nSPS) is 35.0. The van der Waals surface area contributed by atoms with E-state index in [1.807, 2.05) is 19.9 Å². The Morgan fingerprint density at radius 3 is 2.69 bits per heavy atom. The van der Waals surface area contributed by atoms with Crippen LogP contribution < -0.4 is 0 Å². The van der Waals surface area contributed by atoms with Crippen LogP contribution in [-0.2, 0) is 14.3 Å². The monoisotopic (exact) mass is 180 g/mol. The van der Waals surface area contributed by atoms with Crippen LogP contribution >= 0.6 is 0 Å². The molecular weight excluding hydrogens is 168 g/mol. The van der Waals surface area contributed by atoms with Crippen LogP contribution in [0.5, 0.6) is 0 Å². The molecule has 1 fully saturated rings. The minimum atomic E-state index is -0.220. The first kappa shape index (κ1) is 8.48. The van der Waals surface area contributed by atoms with E-state index in [2.05, 4.69) is 0 Å². The summed E-state index contributed by atoms with van der Waals surface area (Å²) in [6.45, 7) is 3.63. The Morgan fingerprint density at radius 2 is 2.23 bits per heavy atom. The van der Waals surface area contributed by atoms with Gasteiger partial charge in [0.1, 0.15) is 0 Å². The van der Waals surface area contributed by atoms with Gasteiger partial charge in [0, 0.05) is 11.8 Å². The molecule has 0 radical (unpaired) electrons. The van der Waals surface area contributed by atoms with Crippen LogP contribution in [0.4, 0.5) is 0 Å². The lowest BCUT2D eigenvalue weighted by atomic mass is 10.2. The summed E-state index contributed by atoms with van der Waals surface area (Å²) in [5.74, 6) is -0.275. The van der Waals surface area contributed by atoms with Crippen molar-refractivity contribution in [1.82, 2.24) is 0 Å². The average Bonchev–Trinajstić information content (AvgIpc) is 2.63. The average molecular weight is 180 g/mol. The highest BCUT2D eigenvalue weighted by Gasteiger charge is 2.60. The first-order valence-electron chi connectivity index (χ1n) is 4.54. The molecule has 3 atom stereocenters. The Hall–Kier alpha value is -1.12. The number of ketones is 1. The van der Waals surface area contributed by atoms with Crippen molar-refractivity contribution in [2.45, 2.75) is 20.0 Å². The van der Waals surface area contributed by atoms with E-state index in [4.69, 9.17) is 4.74 Å². The molecule has 0 aliphatic heterocycles. The predicted molar refractivity (Wildman–Crippen MR) is 45.8 cm³/mol. The van der Waals surface area contributed by atoms with E-state index < -0.39 is 0 Å². The van der Waals surface area contributed by atoms with Gasteiger partial charge in [-0.05, 0) is 19.9 Å². The molecule has 0 amide bonds. The molecule has 2 aliphatic rings. The van der Waals surface area contributed by atoms with E-state index in [1.54, 1.807) is 6.08 Å². The summed E-state index contributed by atoms with van der Waals surface area (Å²) in [6, 6.07) is 0. The largest absolute Gasteiger partial charge is 0.463 e. The molecule has 2 rings (SSSR count). The van der Waals surface area contributed by atoms with E-state index in [0.29, 0.717) is 0 Å². The van der Waals surface area contributed by atoms with Gasteiger partial charge < -0.3 is 4.74 Å². The first-order chi connectivity index (χ1) is 6.11. The summed E-state index contributed by atoms with van der Waals surface area (Å²) < 4.78 is 5.03. The molecule has 0 saturated heterocycles. The van der Waals surface area contributed by atoms with E-state index in [9.17, 15) is 9.59 Å². The molecule has 0 bridgehead atoms. The highest BCUT2D eigenvalue weighted by atomic mass is 16.5. The van der Waals surface area contributed by atoms with Gasteiger partial charge in [0.15, 0.2) is 5.78 Å². The number of hydrogen-bond donors (Lipinski definition) is 0. The minimum Gasteiger partial charge on any atom is -0.463 e. The summed E-state index contributed by atoms with van der Waals surface area (Å²) >= 11 is 0. The number of allylic oxidation sites excluding steroid dienone is 2. The molecule has 3 heteroatoms. The standard InChI is InChI=1S/C10H12O3/c1-5(2)13-10(12)9-6-3-4-7(11)8(6)9/h3-6,8-9H,1-2H3/t6-,8-,9+/m1/s1. The summed E-state index contributed by atoms with van der Waals surface area (Å²) in [5.41, 5.74) is 0. The molecule has 0 unspecified atom stereocenters. The summed E-state index contributed by atoms with van der Waals surface area (Å²) in [6.07, 6.45) is 3.29. The van der Waals surface area contributed by atoms with Crippen LogP contribution in [0.15, 0.2) is 12.2 Å². The number of carbonyl (C=O) groups excluding carboxylic acids is 2. The second-order valence-electron chi connectivity index (χ2n) is 3.88. The second kappa shape index (κ2) is 2.69. The van der Waals surface area contributed by atoms with Gasteiger partial charge in [-0.25, -0.2) is 0 Å². The van der Waals surface area contributed by atoms with E-state index in [1.165, 1.54) is 0 Å². The van der Waals surface area contributed by atoms with Crippen molar-refractivity contribution in [2.24, 2.45) is 17.8 Å². The van der Waals surface area contributed by atoms with Crippen molar-refractivity contribution >= 4 is 11.8 Å². The lowest BCUT2D eigenvalue weighted by Gasteiger charge is -2.07. The zero-order valence-corrected chi connectivity index (χ0v) is 7.69. The highest BCUT2D eigenvalue weighted by molar-refractivity contribution is 6.02. The third kappa shape index (κ3) is 1.28. The Balaban J connectivity index is 1.96. The van der Waals surface area contributed by atoms with Gasteiger partial charge in [0.2, 0.25) is 0 Å². The SMILES string of the molecule is CC(C)OC(=O)[C@H]1[C@@H]2C=CC(=O)[C@@H]21. The van der Waals surface area contributed by atoms with Gasteiger partial charge in [-0.1, -0.05) is 6.08 Å². The number of esters is 1. The molecule has 2 aliphatic carbocycles. The van der Waals surface area contributed by atoms with Crippen LogP contribution in [0.3, 0.4) is 0 Å². The Bertz CT molecular complexity index is 291. The molecule has 3 nitrogen and oxygen atoms in total. The smallest absolute Gasteiger partial charge is 0.310 e. The second-order valence-corrected chi connectivity index (χ2v) is 3.88. The Labute approximate surface area is 76.8 Å². The van der Waals surface area contributed by atoms with E-state index >= 15 is 0 Å². The van der Waals surface area contributed by atoms with Crippen molar-refractivity contribution in [1.29, 1.82) is 0 Å². The minimum absolute atomic E-state index is 0.0794. The van der Waals surface area contributed by atoms with Crippen molar-refractivity contribution in [3.63, 3.8) is 0 Å². The Morgan fingerprint density at radius 1 is 1.54 bits per heavy atom. The molecule has 0 aromatic heterocycles. The fraction of sp³-hybridized carbons (Fsp3) is 0.600. The zero-order chi connectivity index (χ0) is 9.59. The molecule has 1 saturated carbocycles. The van der Waals surface area contributed by atoms with Crippen molar-refractivity contribution in [3.05, 3.63) is 12.2 Å². The highest BCUT2D eigenvalue weighted by Crippen LogP contribution is 2.52. The molecule has 13 heavy (non-hydrogen) atoms. The predicted octanol–water partition coefficient (Wildman–Crippen LogP) is 0.939. The topological polar surface area (TPSA) is 43.4 Å². The third-order valence-electron chi connectivity index (χ3n) is 2.51. The maximum atomic E-state index is 11.4. The summed E-state index contributed by atoms with van der Waals surface area (Å²) in [4.78, 5) is 22.5. The maximum absolute atomic E-state index is 11.4. The van der Waals surface area contributed by atoms with E-state index in [-0.39, 0.29) is 35.6 Å². The molecule has 0 spiro atoms.